The summed E-state index contributed by atoms with van der Waals surface area (Å²) in [4.78, 5) is 15.0. The summed E-state index contributed by atoms with van der Waals surface area (Å²) in [6.07, 6.45) is -3.67. The van der Waals surface area contributed by atoms with Crippen LogP contribution in [0.15, 0.2) is 36.4 Å². The first-order valence-corrected chi connectivity index (χ1v) is 9.44. The molecule has 2 aromatic carbocycles. The Morgan fingerprint density at radius 2 is 1.83 bits per heavy atom. The van der Waals surface area contributed by atoms with E-state index in [0.717, 1.165) is 54.6 Å². The minimum Gasteiger partial charge on any atom is -0.465 e. The number of hydrogen-bond donors (Lipinski definition) is 1. The van der Waals surface area contributed by atoms with Gasteiger partial charge in [0.1, 0.15) is 11.6 Å². The number of rotatable bonds is 5. The third-order valence-corrected chi connectivity index (χ3v) is 5.38. The van der Waals surface area contributed by atoms with E-state index >= 15 is 0 Å². The standard InChI is InChI=1S/C21H21F5N2O2/c1-27-7-2-3-17(27)6-8-28(20(29)30)19-5-4-14(21(24,25)26)11-18(19)13-9-15(22)12-16(23)10-13/h4-5,9-12,17H,2-3,6-8H2,1H3,(H,29,30). The van der Waals surface area contributed by atoms with Gasteiger partial charge in [-0.05, 0) is 68.8 Å². The zero-order chi connectivity index (χ0) is 22.1. The molecule has 1 fully saturated rings. The number of alkyl halides is 3. The van der Waals surface area contributed by atoms with Crippen molar-refractivity contribution in [2.24, 2.45) is 0 Å². The van der Waals surface area contributed by atoms with Gasteiger partial charge in [0.2, 0.25) is 0 Å². The maximum atomic E-state index is 13.7. The number of amides is 1. The van der Waals surface area contributed by atoms with Crippen LogP contribution < -0.4 is 4.90 Å². The molecule has 0 aromatic heterocycles. The van der Waals surface area contributed by atoms with E-state index in [1.54, 1.807) is 0 Å². The first kappa shape index (κ1) is 22.0. The molecule has 3 rings (SSSR count). The molecule has 1 N–H and O–H groups in total. The molecule has 1 heterocycles. The van der Waals surface area contributed by atoms with Gasteiger partial charge in [-0.1, -0.05) is 0 Å². The van der Waals surface area contributed by atoms with Crippen LogP contribution in [0.3, 0.4) is 0 Å². The van der Waals surface area contributed by atoms with E-state index in [0.29, 0.717) is 12.5 Å². The topological polar surface area (TPSA) is 43.8 Å². The molecule has 0 radical (unpaired) electrons. The van der Waals surface area contributed by atoms with Crippen molar-refractivity contribution < 1.29 is 31.9 Å². The summed E-state index contributed by atoms with van der Waals surface area (Å²) in [5, 5.41) is 9.72. The lowest BCUT2D eigenvalue weighted by Gasteiger charge is -2.26. The SMILES string of the molecule is CN1CCCC1CCN(C(=O)O)c1ccc(C(F)(F)F)cc1-c1cc(F)cc(F)c1. The molecule has 1 unspecified atom stereocenters. The van der Waals surface area contributed by atoms with Crippen molar-refractivity contribution in [3.63, 3.8) is 0 Å². The van der Waals surface area contributed by atoms with Gasteiger partial charge in [0.25, 0.3) is 0 Å². The number of likely N-dealkylation sites (tertiary alicyclic amines) is 1. The van der Waals surface area contributed by atoms with Crippen molar-refractivity contribution in [3.05, 3.63) is 53.6 Å². The summed E-state index contributed by atoms with van der Waals surface area (Å²) in [7, 11) is 1.93. The normalized spacial score (nSPS) is 17.3. The molecular formula is C21H21F5N2O2. The largest absolute Gasteiger partial charge is 0.465 e. The van der Waals surface area contributed by atoms with Gasteiger partial charge in [-0.25, -0.2) is 13.6 Å². The van der Waals surface area contributed by atoms with Crippen LogP contribution in [0.4, 0.5) is 32.4 Å². The minimum atomic E-state index is -4.69. The molecule has 2 aromatic rings. The maximum Gasteiger partial charge on any atom is 0.416 e. The van der Waals surface area contributed by atoms with Crippen molar-refractivity contribution in [3.8, 4) is 11.1 Å². The first-order chi connectivity index (χ1) is 14.1. The van der Waals surface area contributed by atoms with Crippen molar-refractivity contribution in [1.82, 2.24) is 4.90 Å². The van der Waals surface area contributed by atoms with Gasteiger partial charge in [-0.2, -0.15) is 13.2 Å². The number of carboxylic acid groups (broad SMARTS) is 1. The average molecular weight is 428 g/mol. The van der Waals surface area contributed by atoms with Crippen molar-refractivity contribution in [1.29, 1.82) is 0 Å². The number of nitrogens with zero attached hydrogens (tertiary/aromatic N) is 2. The summed E-state index contributed by atoms with van der Waals surface area (Å²) in [5.74, 6) is -1.94. The molecule has 0 spiro atoms. The predicted octanol–water partition coefficient (Wildman–Crippen LogP) is 5.62. The predicted molar refractivity (Wildman–Crippen MR) is 102 cm³/mol. The Balaban J connectivity index is 2.05. The highest BCUT2D eigenvalue weighted by Gasteiger charge is 2.32. The Hall–Kier alpha value is -2.68. The number of anilines is 1. The molecule has 1 aliphatic heterocycles. The lowest BCUT2D eigenvalue weighted by atomic mass is 9.99. The van der Waals surface area contributed by atoms with Crippen LogP contribution >= 0.6 is 0 Å². The third kappa shape index (κ3) is 4.89. The minimum absolute atomic E-state index is 0.0422. The van der Waals surface area contributed by atoms with E-state index in [1.165, 1.54) is 0 Å². The van der Waals surface area contributed by atoms with Gasteiger partial charge < -0.3 is 10.0 Å². The quantitative estimate of drug-likeness (QED) is 0.629. The van der Waals surface area contributed by atoms with Crippen LogP contribution in [0.1, 0.15) is 24.8 Å². The molecule has 4 nitrogen and oxygen atoms in total. The van der Waals surface area contributed by atoms with Crippen LogP contribution in [0.5, 0.6) is 0 Å². The summed E-state index contributed by atoms with van der Waals surface area (Å²) in [5.41, 5.74) is -1.46. The number of benzene rings is 2. The van der Waals surface area contributed by atoms with Crippen molar-refractivity contribution >= 4 is 11.8 Å². The van der Waals surface area contributed by atoms with Gasteiger partial charge in [-0.3, -0.25) is 4.90 Å². The number of carbonyl (C=O) groups is 1. The molecule has 9 heteroatoms. The molecule has 1 atom stereocenters. The first-order valence-electron chi connectivity index (χ1n) is 9.44. The highest BCUT2D eigenvalue weighted by molar-refractivity contribution is 5.93. The molecule has 1 saturated heterocycles. The Bertz CT molecular complexity index is 912. The van der Waals surface area contributed by atoms with E-state index in [4.69, 9.17) is 0 Å². The number of halogens is 5. The second kappa shape index (κ2) is 8.59. The lowest BCUT2D eigenvalue weighted by Crippen LogP contribution is -2.35. The molecule has 0 bridgehead atoms. The lowest BCUT2D eigenvalue weighted by molar-refractivity contribution is -0.137. The van der Waals surface area contributed by atoms with Crippen molar-refractivity contribution in [2.75, 3.05) is 25.0 Å². The summed E-state index contributed by atoms with van der Waals surface area (Å²) in [6.45, 7) is 0.937. The molecule has 1 aliphatic rings. The van der Waals surface area contributed by atoms with Crippen LogP contribution in [0.25, 0.3) is 11.1 Å². The third-order valence-electron chi connectivity index (χ3n) is 5.38. The molecular weight excluding hydrogens is 407 g/mol. The molecule has 162 valence electrons. The second-order valence-electron chi connectivity index (χ2n) is 7.39. The van der Waals surface area contributed by atoms with Crippen LogP contribution in [0.2, 0.25) is 0 Å². The highest BCUT2D eigenvalue weighted by Crippen LogP contribution is 2.38. The van der Waals surface area contributed by atoms with Gasteiger partial charge in [-0.15, -0.1) is 0 Å². The summed E-state index contributed by atoms with van der Waals surface area (Å²) >= 11 is 0. The van der Waals surface area contributed by atoms with Crippen molar-refractivity contribution in [2.45, 2.75) is 31.5 Å². The van der Waals surface area contributed by atoms with E-state index in [1.807, 2.05) is 7.05 Å². The summed E-state index contributed by atoms with van der Waals surface area (Å²) in [6, 6.07) is 5.05. The molecule has 0 aliphatic carbocycles. The Morgan fingerprint density at radius 3 is 2.37 bits per heavy atom. The van der Waals surface area contributed by atoms with Gasteiger partial charge in [0.15, 0.2) is 0 Å². The zero-order valence-electron chi connectivity index (χ0n) is 16.2. The van der Waals surface area contributed by atoms with Crippen LogP contribution in [-0.2, 0) is 6.18 Å². The Labute approximate surface area is 170 Å². The smallest absolute Gasteiger partial charge is 0.416 e. The Morgan fingerprint density at radius 1 is 1.17 bits per heavy atom. The van der Waals surface area contributed by atoms with Gasteiger partial charge in [0.05, 0.1) is 11.3 Å². The van der Waals surface area contributed by atoms with E-state index in [2.05, 4.69) is 4.90 Å². The average Bonchev–Trinajstić information content (AvgIpc) is 3.05. The maximum absolute atomic E-state index is 13.7. The summed E-state index contributed by atoms with van der Waals surface area (Å²) < 4.78 is 67.2. The number of hydrogen-bond acceptors (Lipinski definition) is 2. The fourth-order valence-corrected chi connectivity index (χ4v) is 3.83. The fourth-order valence-electron chi connectivity index (χ4n) is 3.83. The zero-order valence-corrected chi connectivity index (χ0v) is 16.2. The second-order valence-corrected chi connectivity index (χ2v) is 7.39. The van der Waals surface area contributed by atoms with Crippen LogP contribution in [-0.4, -0.2) is 42.3 Å². The van der Waals surface area contributed by atoms with E-state index in [-0.39, 0.29) is 29.4 Å². The van der Waals surface area contributed by atoms with Crippen LogP contribution in [0, 0.1) is 11.6 Å². The molecule has 1 amide bonds. The van der Waals surface area contributed by atoms with Gasteiger partial charge in [0, 0.05) is 24.2 Å². The van der Waals surface area contributed by atoms with E-state index in [9.17, 15) is 31.9 Å². The molecule has 30 heavy (non-hydrogen) atoms. The Kier molecular flexibility index (Phi) is 6.30. The van der Waals surface area contributed by atoms with Gasteiger partial charge >= 0.3 is 12.3 Å². The van der Waals surface area contributed by atoms with E-state index < -0.39 is 29.5 Å². The molecule has 0 saturated carbocycles. The monoisotopic (exact) mass is 428 g/mol. The fraction of sp³-hybridized carbons (Fsp3) is 0.381. The highest BCUT2D eigenvalue weighted by atomic mass is 19.4.